The van der Waals surface area contributed by atoms with Crippen LogP contribution in [0.1, 0.15) is 35.6 Å². The topological polar surface area (TPSA) is 92.1 Å². The van der Waals surface area contributed by atoms with Crippen molar-refractivity contribution in [2.75, 3.05) is 18.5 Å². The SMILES string of the molecule is Cc1c(NCc2ncnn2CC(C)C)cccc1C(=O)NCCO. The van der Waals surface area contributed by atoms with Crippen LogP contribution in [0.15, 0.2) is 24.5 Å². The average molecular weight is 331 g/mol. The Morgan fingerprint density at radius 3 is 2.88 bits per heavy atom. The van der Waals surface area contributed by atoms with Crippen LogP contribution in [0.3, 0.4) is 0 Å². The van der Waals surface area contributed by atoms with Crippen molar-refractivity contribution in [1.29, 1.82) is 0 Å². The molecular weight excluding hydrogens is 306 g/mol. The van der Waals surface area contributed by atoms with E-state index in [1.807, 2.05) is 23.7 Å². The fraction of sp³-hybridized carbons (Fsp3) is 0.471. The lowest BCUT2D eigenvalue weighted by Crippen LogP contribution is -2.27. The van der Waals surface area contributed by atoms with E-state index in [0.717, 1.165) is 23.6 Å². The zero-order valence-corrected chi connectivity index (χ0v) is 14.4. The highest BCUT2D eigenvalue weighted by molar-refractivity contribution is 5.97. The number of benzene rings is 1. The van der Waals surface area contributed by atoms with Gasteiger partial charge >= 0.3 is 0 Å². The zero-order valence-electron chi connectivity index (χ0n) is 14.4. The number of nitrogens with zero attached hydrogens (tertiary/aromatic N) is 3. The van der Waals surface area contributed by atoms with Gasteiger partial charge in [0.15, 0.2) is 0 Å². The number of hydrogen-bond acceptors (Lipinski definition) is 5. The number of aliphatic hydroxyl groups excluding tert-OH is 1. The van der Waals surface area contributed by atoms with E-state index in [9.17, 15) is 4.79 Å². The average Bonchev–Trinajstić information content (AvgIpc) is 2.98. The summed E-state index contributed by atoms with van der Waals surface area (Å²) in [5.74, 6) is 1.16. The molecule has 1 aromatic carbocycles. The van der Waals surface area contributed by atoms with Gasteiger partial charge in [0.2, 0.25) is 0 Å². The first-order valence-electron chi connectivity index (χ1n) is 8.12. The van der Waals surface area contributed by atoms with Gasteiger partial charge in [0.25, 0.3) is 5.91 Å². The molecule has 0 saturated heterocycles. The fourth-order valence-electron chi connectivity index (χ4n) is 2.44. The second kappa shape index (κ2) is 8.44. The van der Waals surface area contributed by atoms with Gasteiger partial charge in [-0.1, -0.05) is 19.9 Å². The van der Waals surface area contributed by atoms with Gasteiger partial charge in [-0.25, -0.2) is 9.67 Å². The number of aromatic nitrogens is 3. The van der Waals surface area contributed by atoms with Crippen LogP contribution in [0.25, 0.3) is 0 Å². The van der Waals surface area contributed by atoms with E-state index >= 15 is 0 Å². The minimum atomic E-state index is -0.187. The number of anilines is 1. The van der Waals surface area contributed by atoms with Crippen LogP contribution in [-0.4, -0.2) is 38.9 Å². The molecule has 2 rings (SSSR count). The molecule has 7 heteroatoms. The highest BCUT2D eigenvalue weighted by Gasteiger charge is 2.12. The Morgan fingerprint density at radius 1 is 1.38 bits per heavy atom. The lowest BCUT2D eigenvalue weighted by atomic mass is 10.1. The standard InChI is InChI=1S/C17H25N5O2/c1-12(2)10-22-16(20-11-21-22)9-19-15-6-4-5-14(13(15)3)17(24)18-7-8-23/h4-6,11-12,19,23H,7-10H2,1-3H3,(H,18,24). The molecule has 0 unspecified atom stereocenters. The highest BCUT2D eigenvalue weighted by Crippen LogP contribution is 2.19. The normalized spacial score (nSPS) is 10.9. The van der Waals surface area contributed by atoms with Crippen molar-refractivity contribution in [2.45, 2.75) is 33.9 Å². The largest absolute Gasteiger partial charge is 0.395 e. The molecule has 0 saturated carbocycles. The van der Waals surface area contributed by atoms with Crippen LogP contribution in [0.4, 0.5) is 5.69 Å². The summed E-state index contributed by atoms with van der Waals surface area (Å²) in [5, 5.41) is 19.1. The quantitative estimate of drug-likeness (QED) is 0.683. The second-order valence-corrected chi connectivity index (χ2v) is 6.06. The first-order chi connectivity index (χ1) is 11.5. The van der Waals surface area contributed by atoms with E-state index in [-0.39, 0.29) is 19.1 Å². The molecule has 0 bridgehead atoms. The lowest BCUT2D eigenvalue weighted by molar-refractivity contribution is 0.0944. The van der Waals surface area contributed by atoms with Crippen LogP contribution < -0.4 is 10.6 Å². The van der Waals surface area contributed by atoms with E-state index in [2.05, 4.69) is 34.6 Å². The fourth-order valence-corrected chi connectivity index (χ4v) is 2.44. The molecule has 1 amide bonds. The zero-order chi connectivity index (χ0) is 17.5. The first-order valence-corrected chi connectivity index (χ1v) is 8.12. The lowest BCUT2D eigenvalue weighted by Gasteiger charge is -2.14. The predicted octanol–water partition coefficient (Wildman–Crippen LogP) is 1.58. The Bertz CT molecular complexity index is 681. The van der Waals surface area contributed by atoms with Gasteiger partial charge in [-0.05, 0) is 30.5 Å². The van der Waals surface area contributed by atoms with Gasteiger partial charge in [0.05, 0.1) is 13.2 Å². The molecule has 1 aromatic heterocycles. The van der Waals surface area contributed by atoms with Gasteiger partial charge < -0.3 is 15.7 Å². The molecular formula is C17H25N5O2. The minimum Gasteiger partial charge on any atom is -0.395 e. The summed E-state index contributed by atoms with van der Waals surface area (Å²) in [6.07, 6.45) is 1.56. The predicted molar refractivity (Wildman–Crippen MR) is 92.8 cm³/mol. The van der Waals surface area contributed by atoms with Gasteiger partial charge in [-0.15, -0.1) is 0 Å². The van der Waals surface area contributed by atoms with Gasteiger partial charge in [0.1, 0.15) is 12.2 Å². The van der Waals surface area contributed by atoms with Crippen molar-refractivity contribution in [3.8, 4) is 0 Å². The molecule has 24 heavy (non-hydrogen) atoms. The number of carbonyl (C=O) groups excluding carboxylic acids is 1. The van der Waals surface area contributed by atoms with Gasteiger partial charge in [0, 0.05) is 24.3 Å². The van der Waals surface area contributed by atoms with E-state index in [1.165, 1.54) is 0 Å². The number of amides is 1. The monoisotopic (exact) mass is 331 g/mol. The van der Waals surface area contributed by atoms with E-state index in [4.69, 9.17) is 5.11 Å². The number of hydrogen-bond donors (Lipinski definition) is 3. The Kier molecular flexibility index (Phi) is 6.31. The molecule has 0 aliphatic heterocycles. The summed E-state index contributed by atoms with van der Waals surface area (Å²) in [6, 6.07) is 5.54. The van der Waals surface area contributed by atoms with Crippen LogP contribution in [0.2, 0.25) is 0 Å². The molecule has 0 aliphatic carbocycles. The summed E-state index contributed by atoms with van der Waals surface area (Å²) in [5.41, 5.74) is 2.34. The van der Waals surface area contributed by atoms with Crippen molar-refractivity contribution < 1.29 is 9.90 Å². The number of rotatable bonds is 8. The molecule has 1 heterocycles. The summed E-state index contributed by atoms with van der Waals surface area (Å²) in [7, 11) is 0. The second-order valence-electron chi connectivity index (χ2n) is 6.06. The van der Waals surface area contributed by atoms with Crippen LogP contribution in [0.5, 0.6) is 0 Å². The van der Waals surface area contributed by atoms with Gasteiger partial charge in [-0.2, -0.15) is 5.10 Å². The summed E-state index contributed by atoms with van der Waals surface area (Å²) in [6.45, 7) is 7.70. The summed E-state index contributed by atoms with van der Waals surface area (Å²) >= 11 is 0. The van der Waals surface area contributed by atoms with Crippen molar-refractivity contribution in [2.24, 2.45) is 5.92 Å². The van der Waals surface area contributed by atoms with Crippen molar-refractivity contribution in [3.05, 3.63) is 41.5 Å². The van der Waals surface area contributed by atoms with Crippen molar-refractivity contribution in [1.82, 2.24) is 20.1 Å². The number of nitrogens with one attached hydrogen (secondary N) is 2. The highest BCUT2D eigenvalue weighted by atomic mass is 16.3. The maximum absolute atomic E-state index is 12.1. The molecule has 0 spiro atoms. The van der Waals surface area contributed by atoms with Crippen molar-refractivity contribution in [3.63, 3.8) is 0 Å². The van der Waals surface area contributed by atoms with Crippen LogP contribution in [0, 0.1) is 12.8 Å². The summed E-state index contributed by atoms with van der Waals surface area (Å²) < 4.78 is 1.89. The molecule has 0 aliphatic rings. The maximum Gasteiger partial charge on any atom is 0.251 e. The third-order valence-electron chi connectivity index (χ3n) is 3.65. The Hall–Kier alpha value is -2.41. The number of aliphatic hydroxyl groups is 1. The maximum atomic E-state index is 12.1. The molecule has 0 fully saturated rings. The third kappa shape index (κ3) is 4.55. The molecule has 0 radical (unpaired) electrons. The first kappa shape index (κ1) is 17.9. The minimum absolute atomic E-state index is 0.0752. The summed E-state index contributed by atoms with van der Waals surface area (Å²) in [4.78, 5) is 16.4. The molecule has 130 valence electrons. The smallest absolute Gasteiger partial charge is 0.251 e. The van der Waals surface area contributed by atoms with Crippen LogP contribution >= 0.6 is 0 Å². The molecule has 0 atom stereocenters. The Morgan fingerprint density at radius 2 is 2.17 bits per heavy atom. The Labute approximate surface area is 142 Å². The number of carbonyl (C=O) groups is 1. The molecule has 2 aromatic rings. The van der Waals surface area contributed by atoms with E-state index in [0.29, 0.717) is 18.0 Å². The van der Waals surface area contributed by atoms with Gasteiger partial charge in [-0.3, -0.25) is 4.79 Å². The molecule has 3 N–H and O–H groups in total. The van der Waals surface area contributed by atoms with Crippen molar-refractivity contribution >= 4 is 11.6 Å². The third-order valence-corrected chi connectivity index (χ3v) is 3.65. The molecule has 7 nitrogen and oxygen atoms in total. The van der Waals surface area contributed by atoms with E-state index in [1.54, 1.807) is 12.4 Å². The van der Waals surface area contributed by atoms with E-state index < -0.39 is 0 Å². The Balaban J connectivity index is 2.08. The van der Waals surface area contributed by atoms with Crippen LogP contribution in [-0.2, 0) is 13.1 Å².